The first kappa shape index (κ1) is 15.1. The third-order valence-corrected chi connectivity index (χ3v) is 4.24. The van der Waals surface area contributed by atoms with Crippen LogP contribution in [-0.4, -0.2) is 45.5 Å². The van der Waals surface area contributed by atoms with Crippen molar-refractivity contribution in [3.8, 4) is 5.75 Å². The lowest BCUT2D eigenvalue weighted by molar-refractivity contribution is 0.00335. The molecule has 1 aliphatic rings. The Kier molecular flexibility index (Phi) is 4.18. The minimum absolute atomic E-state index is 0.331. The fourth-order valence-corrected chi connectivity index (χ4v) is 2.89. The molecule has 2 N–H and O–H groups in total. The molecule has 22 heavy (non-hydrogen) atoms. The molecule has 0 saturated carbocycles. The van der Waals surface area contributed by atoms with E-state index in [1.165, 1.54) is 5.56 Å². The zero-order valence-corrected chi connectivity index (χ0v) is 13.2. The predicted octanol–water partition coefficient (Wildman–Crippen LogP) is 2.04. The largest absolute Gasteiger partial charge is 0.491 e. The van der Waals surface area contributed by atoms with Gasteiger partial charge < -0.3 is 9.84 Å². The fraction of sp³-hybridized carbons (Fsp3) is 0.471. The number of benzene rings is 1. The van der Waals surface area contributed by atoms with Crippen molar-refractivity contribution in [1.82, 2.24) is 15.1 Å². The monoisotopic (exact) mass is 301 g/mol. The molecular weight excluding hydrogens is 278 g/mol. The van der Waals surface area contributed by atoms with Crippen molar-refractivity contribution in [1.29, 1.82) is 0 Å². The second kappa shape index (κ2) is 6.10. The van der Waals surface area contributed by atoms with Crippen molar-refractivity contribution in [2.75, 3.05) is 19.7 Å². The summed E-state index contributed by atoms with van der Waals surface area (Å²) in [5, 5.41) is 17.7. The van der Waals surface area contributed by atoms with E-state index in [4.69, 9.17) is 4.74 Å². The lowest BCUT2D eigenvalue weighted by Crippen LogP contribution is -2.39. The summed E-state index contributed by atoms with van der Waals surface area (Å²) >= 11 is 0. The van der Waals surface area contributed by atoms with Gasteiger partial charge in [-0.25, -0.2) is 0 Å². The van der Waals surface area contributed by atoms with Gasteiger partial charge in [0.25, 0.3) is 0 Å². The molecule has 0 spiro atoms. The quantitative estimate of drug-likeness (QED) is 0.887. The highest BCUT2D eigenvalue weighted by Crippen LogP contribution is 2.25. The third-order valence-electron chi connectivity index (χ3n) is 4.24. The van der Waals surface area contributed by atoms with Gasteiger partial charge in [-0.05, 0) is 38.0 Å². The van der Waals surface area contributed by atoms with Crippen LogP contribution in [0, 0.1) is 13.8 Å². The standard InChI is InChI=1S/C17H23N3O2/c1-13-4-3-5-16(8-13)22-12-17(21)6-7-20(11-17)10-15-9-18-19-14(15)2/h3-5,8-9,21H,6-7,10-12H2,1-2H3,(H,18,19)/t17-/m0/s1. The zero-order chi connectivity index (χ0) is 15.6. The van der Waals surface area contributed by atoms with Crippen molar-refractivity contribution in [2.24, 2.45) is 0 Å². The van der Waals surface area contributed by atoms with E-state index >= 15 is 0 Å². The van der Waals surface area contributed by atoms with Gasteiger partial charge in [-0.1, -0.05) is 12.1 Å². The number of nitrogens with one attached hydrogen (secondary N) is 1. The number of H-pyrrole nitrogens is 1. The first-order valence-corrected chi connectivity index (χ1v) is 7.67. The minimum Gasteiger partial charge on any atom is -0.491 e. The van der Waals surface area contributed by atoms with Crippen LogP contribution in [0.25, 0.3) is 0 Å². The van der Waals surface area contributed by atoms with E-state index in [1.54, 1.807) is 0 Å². The third kappa shape index (κ3) is 3.48. The number of aliphatic hydroxyl groups is 1. The van der Waals surface area contributed by atoms with Gasteiger partial charge in [-0.3, -0.25) is 10.00 Å². The zero-order valence-electron chi connectivity index (χ0n) is 13.2. The van der Waals surface area contributed by atoms with Gasteiger partial charge >= 0.3 is 0 Å². The molecule has 1 aliphatic heterocycles. The number of ether oxygens (including phenoxy) is 1. The van der Waals surface area contributed by atoms with E-state index in [2.05, 4.69) is 15.1 Å². The molecule has 5 nitrogen and oxygen atoms in total. The summed E-state index contributed by atoms with van der Waals surface area (Å²) in [5.74, 6) is 0.817. The molecule has 1 fully saturated rings. The minimum atomic E-state index is -0.776. The highest BCUT2D eigenvalue weighted by atomic mass is 16.5. The molecular formula is C17H23N3O2. The van der Waals surface area contributed by atoms with E-state index in [1.807, 2.05) is 44.3 Å². The number of rotatable bonds is 5. The maximum absolute atomic E-state index is 10.7. The van der Waals surface area contributed by atoms with E-state index in [9.17, 15) is 5.11 Å². The molecule has 1 saturated heterocycles. The van der Waals surface area contributed by atoms with Crippen LogP contribution >= 0.6 is 0 Å². The van der Waals surface area contributed by atoms with Crippen LogP contribution in [0.15, 0.2) is 30.5 Å². The van der Waals surface area contributed by atoms with Crippen molar-refractivity contribution >= 4 is 0 Å². The predicted molar refractivity (Wildman–Crippen MR) is 84.8 cm³/mol. The number of β-amino-alcohol motifs (C(OH)–C–C–N with tert-alkyl or cyclic N) is 1. The lowest BCUT2D eigenvalue weighted by Gasteiger charge is -2.23. The summed E-state index contributed by atoms with van der Waals surface area (Å²) in [5.41, 5.74) is 2.66. The van der Waals surface area contributed by atoms with Crippen LogP contribution in [0.4, 0.5) is 0 Å². The number of hydrogen-bond acceptors (Lipinski definition) is 4. The molecule has 1 aromatic carbocycles. The summed E-state index contributed by atoms with van der Waals surface area (Å²) in [6, 6.07) is 7.92. The summed E-state index contributed by atoms with van der Waals surface area (Å²) in [4.78, 5) is 2.25. The van der Waals surface area contributed by atoms with Crippen molar-refractivity contribution in [2.45, 2.75) is 32.4 Å². The smallest absolute Gasteiger partial charge is 0.119 e. The number of likely N-dealkylation sites (tertiary alicyclic amines) is 1. The number of hydrogen-bond donors (Lipinski definition) is 2. The van der Waals surface area contributed by atoms with Crippen LogP contribution in [0.2, 0.25) is 0 Å². The van der Waals surface area contributed by atoms with Crippen LogP contribution in [0.1, 0.15) is 23.2 Å². The van der Waals surface area contributed by atoms with E-state index in [0.717, 1.165) is 36.5 Å². The Balaban J connectivity index is 1.55. The highest BCUT2D eigenvalue weighted by Gasteiger charge is 2.37. The molecule has 118 valence electrons. The Morgan fingerprint density at radius 2 is 2.27 bits per heavy atom. The summed E-state index contributed by atoms with van der Waals surface area (Å²) in [6.45, 7) is 6.70. The Morgan fingerprint density at radius 1 is 1.41 bits per heavy atom. The number of aromatic nitrogens is 2. The molecule has 0 aliphatic carbocycles. The number of nitrogens with zero attached hydrogens (tertiary/aromatic N) is 2. The molecule has 1 atom stereocenters. The normalized spacial score (nSPS) is 22.1. The average molecular weight is 301 g/mol. The molecule has 2 aromatic rings. The Morgan fingerprint density at radius 3 is 3.00 bits per heavy atom. The Hall–Kier alpha value is -1.85. The first-order valence-electron chi connectivity index (χ1n) is 7.67. The molecule has 0 bridgehead atoms. The van der Waals surface area contributed by atoms with Gasteiger partial charge in [-0.15, -0.1) is 0 Å². The van der Waals surface area contributed by atoms with Gasteiger partial charge in [0.1, 0.15) is 18.0 Å². The van der Waals surface area contributed by atoms with Crippen LogP contribution in [0.5, 0.6) is 5.75 Å². The second-order valence-corrected chi connectivity index (χ2v) is 6.31. The van der Waals surface area contributed by atoms with Gasteiger partial charge in [0.05, 0.1) is 6.20 Å². The van der Waals surface area contributed by atoms with Crippen molar-refractivity contribution < 1.29 is 9.84 Å². The van der Waals surface area contributed by atoms with Crippen LogP contribution in [-0.2, 0) is 6.54 Å². The lowest BCUT2D eigenvalue weighted by atomic mass is 10.1. The Bertz CT molecular complexity index is 640. The van der Waals surface area contributed by atoms with Crippen LogP contribution in [0.3, 0.4) is 0 Å². The summed E-state index contributed by atoms with van der Waals surface area (Å²) in [7, 11) is 0. The van der Waals surface area contributed by atoms with Gasteiger partial charge in [0.15, 0.2) is 0 Å². The molecule has 3 rings (SSSR count). The molecule has 2 heterocycles. The first-order chi connectivity index (χ1) is 10.5. The fourth-order valence-electron chi connectivity index (χ4n) is 2.89. The molecule has 1 aromatic heterocycles. The van der Waals surface area contributed by atoms with Crippen molar-refractivity contribution in [3.05, 3.63) is 47.3 Å². The summed E-state index contributed by atoms with van der Waals surface area (Å²) < 4.78 is 5.79. The molecule has 0 amide bonds. The number of aryl methyl sites for hydroxylation is 2. The maximum Gasteiger partial charge on any atom is 0.119 e. The molecule has 0 radical (unpaired) electrons. The van der Waals surface area contributed by atoms with Crippen molar-refractivity contribution in [3.63, 3.8) is 0 Å². The van der Waals surface area contributed by atoms with Crippen LogP contribution < -0.4 is 4.74 Å². The Labute approximate surface area is 130 Å². The SMILES string of the molecule is Cc1cccc(OC[C@]2(O)CCN(Cc3cn[nH]c3C)C2)c1. The van der Waals surface area contributed by atoms with E-state index in [-0.39, 0.29) is 0 Å². The summed E-state index contributed by atoms with van der Waals surface area (Å²) in [6.07, 6.45) is 2.59. The second-order valence-electron chi connectivity index (χ2n) is 6.31. The molecule has 5 heteroatoms. The van der Waals surface area contributed by atoms with E-state index < -0.39 is 5.60 Å². The average Bonchev–Trinajstić information content (AvgIpc) is 3.05. The van der Waals surface area contributed by atoms with E-state index in [0.29, 0.717) is 13.2 Å². The van der Waals surface area contributed by atoms with Gasteiger partial charge in [0, 0.05) is 30.9 Å². The van der Waals surface area contributed by atoms with Gasteiger partial charge in [0.2, 0.25) is 0 Å². The number of aromatic amines is 1. The van der Waals surface area contributed by atoms with Gasteiger partial charge in [-0.2, -0.15) is 5.10 Å². The maximum atomic E-state index is 10.7. The highest BCUT2D eigenvalue weighted by molar-refractivity contribution is 5.27. The topological polar surface area (TPSA) is 61.4 Å². The molecule has 0 unspecified atom stereocenters.